The van der Waals surface area contributed by atoms with Gasteiger partial charge in [0.15, 0.2) is 0 Å². The fourth-order valence-electron chi connectivity index (χ4n) is 6.65. The summed E-state index contributed by atoms with van der Waals surface area (Å²) in [6.07, 6.45) is 6.99. The van der Waals surface area contributed by atoms with Crippen LogP contribution >= 0.6 is 11.3 Å². The summed E-state index contributed by atoms with van der Waals surface area (Å²) in [6.45, 7) is 0. The van der Waals surface area contributed by atoms with Gasteiger partial charge in [-0.1, -0.05) is 133 Å². The second kappa shape index (κ2) is 15.4. The largest absolute Gasteiger partial charge is 0.324 e. The second-order valence-corrected chi connectivity index (χ2v) is 14.0. The van der Waals surface area contributed by atoms with Crippen molar-refractivity contribution in [3.8, 4) is 65.4 Å². The van der Waals surface area contributed by atoms with Crippen LogP contribution < -0.4 is 10.6 Å². The molecular formula is C48H34N6S. The third-order valence-corrected chi connectivity index (χ3v) is 10.6. The summed E-state index contributed by atoms with van der Waals surface area (Å²) < 4.78 is 0. The molecule has 0 fully saturated rings. The maximum atomic E-state index is 4.48. The number of nitrogens with one attached hydrogen (secondary N) is 2. The van der Waals surface area contributed by atoms with Crippen LogP contribution in [-0.4, -0.2) is 19.9 Å². The molecular weight excluding hydrogens is 693 g/mol. The molecule has 2 N–H and O–H groups in total. The molecule has 0 saturated carbocycles. The summed E-state index contributed by atoms with van der Waals surface area (Å²) in [5.74, 6) is 1.08. The molecule has 0 aliphatic rings. The number of thiophene rings is 1. The van der Waals surface area contributed by atoms with Crippen molar-refractivity contribution in [3.05, 3.63) is 195 Å². The maximum Gasteiger partial charge on any atom is 0.227 e. The molecule has 0 radical (unpaired) electrons. The fraction of sp³-hybridized carbons (Fsp3) is 0. The Kier molecular flexibility index (Phi) is 9.41. The highest BCUT2D eigenvalue weighted by atomic mass is 32.1. The Labute approximate surface area is 324 Å². The Hall–Kier alpha value is -7.22. The highest BCUT2D eigenvalue weighted by Crippen LogP contribution is 2.43. The van der Waals surface area contributed by atoms with Crippen LogP contribution in [0.1, 0.15) is 0 Å². The molecule has 3 heterocycles. The van der Waals surface area contributed by atoms with Crippen LogP contribution in [0.3, 0.4) is 0 Å². The summed E-state index contributed by atoms with van der Waals surface area (Å²) in [6, 6.07) is 59.4. The normalized spacial score (nSPS) is 10.9. The van der Waals surface area contributed by atoms with Crippen LogP contribution in [0, 0.1) is 0 Å². The molecule has 3 aromatic heterocycles. The molecule has 7 heteroatoms. The lowest BCUT2D eigenvalue weighted by molar-refractivity contribution is 1.17. The minimum absolute atomic E-state index is 0.541. The number of aromatic nitrogens is 4. The molecule has 0 atom stereocenters. The Morgan fingerprint density at radius 1 is 0.309 bits per heavy atom. The molecule has 9 rings (SSSR count). The van der Waals surface area contributed by atoms with E-state index in [9.17, 15) is 0 Å². The first-order valence-corrected chi connectivity index (χ1v) is 18.8. The molecule has 0 bridgehead atoms. The van der Waals surface area contributed by atoms with Gasteiger partial charge in [-0.2, -0.15) is 0 Å². The summed E-state index contributed by atoms with van der Waals surface area (Å²) in [4.78, 5) is 20.1. The van der Waals surface area contributed by atoms with Crippen molar-refractivity contribution >= 4 is 34.6 Å². The van der Waals surface area contributed by atoms with Crippen molar-refractivity contribution in [2.75, 3.05) is 10.6 Å². The van der Waals surface area contributed by atoms with Crippen LogP contribution in [0.15, 0.2) is 195 Å². The average molecular weight is 727 g/mol. The topological polar surface area (TPSA) is 75.6 Å². The van der Waals surface area contributed by atoms with Gasteiger partial charge in [-0.15, -0.1) is 11.3 Å². The first-order valence-electron chi connectivity index (χ1n) is 18.0. The quantitative estimate of drug-likeness (QED) is 0.146. The fourth-order valence-corrected chi connectivity index (χ4v) is 7.74. The van der Waals surface area contributed by atoms with Crippen molar-refractivity contribution in [1.82, 2.24) is 19.9 Å². The van der Waals surface area contributed by atoms with Crippen molar-refractivity contribution in [3.63, 3.8) is 0 Å². The van der Waals surface area contributed by atoms with E-state index in [1.807, 2.05) is 24.3 Å². The molecule has 262 valence electrons. The van der Waals surface area contributed by atoms with Gasteiger partial charge in [0.2, 0.25) is 11.9 Å². The van der Waals surface area contributed by atoms with Gasteiger partial charge in [0.05, 0.1) is 11.4 Å². The lowest BCUT2D eigenvalue weighted by Crippen LogP contribution is -1.98. The minimum atomic E-state index is 0.541. The van der Waals surface area contributed by atoms with E-state index in [0.717, 1.165) is 54.5 Å². The minimum Gasteiger partial charge on any atom is -0.324 e. The van der Waals surface area contributed by atoms with Crippen LogP contribution in [0.4, 0.5) is 23.3 Å². The van der Waals surface area contributed by atoms with Crippen LogP contribution in [0.25, 0.3) is 65.4 Å². The van der Waals surface area contributed by atoms with Gasteiger partial charge >= 0.3 is 0 Å². The van der Waals surface area contributed by atoms with Gasteiger partial charge in [0, 0.05) is 45.7 Å². The van der Waals surface area contributed by atoms with E-state index in [-0.39, 0.29) is 0 Å². The van der Waals surface area contributed by atoms with Crippen molar-refractivity contribution in [1.29, 1.82) is 0 Å². The molecule has 0 amide bonds. The van der Waals surface area contributed by atoms with E-state index < -0.39 is 0 Å². The van der Waals surface area contributed by atoms with E-state index in [1.54, 1.807) is 36.1 Å². The third-order valence-electron chi connectivity index (χ3n) is 9.45. The summed E-state index contributed by atoms with van der Waals surface area (Å²) in [5, 5.41) is 7.01. The Bertz CT molecular complexity index is 2480. The van der Waals surface area contributed by atoms with E-state index in [2.05, 4.69) is 176 Å². The van der Waals surface area contributed by atoms with Gasteiger partial charge < -0.3 is 10.6 Å². The van der Waals surface area contributed by atoms with E-state index in [1.165, 1.54) is 22.3 Å². The zero-order valence-electron chi connectivity index (χ0n) is 29.7. The van der Waals surface area contributed by atoms with Gasteiger partial charge in [-0.3, -0.25) is 0 Å². The van der Waals surface area contributed by atoms with Crippen molar-refractivity contribution < 1.29 is 0 Å². The lowest BCUT2D eigenvalue weighted by atomic mass is 9.98. The van der Waals surface area contributed by atoms with E-state index in [4.69, 9.17) is 0 Å². The number of rotatable bonds is 10. The van der Waals surface area contributed by atoms with Gasteiger partial charge in [-0.05, 0) is 80.9 Å². The van der Waals surface area contributed by atoms with Crippen LogP contribution in [0.5, 0.6) is 0 Å². The number of anilines is 4. The molecule has 9 aromatic rings. The molecule has 55 heavy (non-hydrogen) atoms. The highest BCUT2D eigenvalue weighted by Gasteiger charge is 2.16. The summed E-state index contributed by atoms with van der Waals surface area (Å²) in [7, 11) is 0. The molecule has 6 nitrogen and oxygen atoms in total. The van der Waals surface area contributed by atoms with Crippen LogP contribution in [0.2, 0.25) is 0 Å². The number of benzene rings is 6. The van der Waals surface area contributed by atoms with E-state index >= 15 is 0 Å². The summed E-state index contributed by atoms with van der Waals surface area (Å²) >= 11 is 1.73. The Balaban J connectivity index is 1.06. The first kappa shape index (κ1) is 33.6. The number of nitrogens with zero attached hydrogens (tertiary/aromatic N) is 4. The standard InChI is InChI=1S/C48H34N6S/c1-3-9-33(10-4-1)35-13-17-37(18-14-35)39-21-23-41(43(31-39)53-47-49-27-7-28-50-47)45-25-26-46(55-45)42-24-22-40(32-44(42)54-48-51-29-8-30-52-48)38-19-15-36(16-20-38)34-11-5-2-6-12-34/h1-32H,(H,49,50,53)(H,51,52,54). The van der Waals surface area contributed by atoms with Crippen molar-refractivity contribution in [2.45, 2.75) is 0 Å². The van der Waals surface area contributed by atoms with Gasteiger partial charge in [0.1, 0.15) is 0 Å². The summed E-state index contributed by atoms with van der Waals surface area (Å²) in [5.41, 5.74) is 13.2. The van der Waals surface area contributed by atoms with Crippen molar-refractivity contribution in [2.24, 2.45) is 0 Å². The maximum absolute atomic E-state index is 4.48. The predicted octanol–water partition coefficient (Wildman–Crippen LogP) is 12.8. The van der Waals surface area contributed by atoms with Crippen LogP contribution in [-0.2, 0) is 0 Å². The SMILES string of the molecule is c1ccc(-c2ccc(-c3ccc(-c4ccc(-c5ccc(-c6ccc(-c7ccccc7)cc6)cc5Nc5ncccn5)s4)c(Nc4ncccn4)c3)cc2)cc1. The highest BCUT2D eigenvalue weighted by molar-refractivity contribution is 7.19. The monoisotopic (exact) mass is 726 g/mol. The van der Waals surface area contributed by atoms with Gasteiger partial charge in [-0.25, -0.2) is 19.9 Å². The smallest absolute Gasteiger partial charge is 0.227 e. The first-order chi connectivity index (χ1) is 27.2. The molecule has 0 saturated heterocycles. The molecule has 0 unspecified atom stereocenters. The average Bonchev–Trinajstić information content (AvgIpc) is 3.75. The number of hydrogen-bond acceptors (Lipinski definition) is 7. The predicted molar refractivity (Wildman–Crippen MR) is 228 cm³/mol. The number of hydrogen-bond donors (Lipinski definition) is 2. The third kappa shape index (κ3) is 7.51. The lowest BCUT2D eigenvalue weighted by Gasteiger charge is -2.14. The zero-order chi connectivity index (χ0) is 36.8. The molecule has 6 aromatic carbocycles. The molecule has 0 aliphatic heterocycles. The molecule has 0 spiro atoms. The van der Waals surface area contributed by atoms with Gasteiger partial charge in [0.25, 0.3) is 0 Å². The van der Waals surface area contributed by atoms with E-state index in [0.29, 0.717) is 11.9 Å². The zero-order valence-corrected chi connectivity index (χ0v) is 30.5. The second-order valence-electron chi connectivity index (χ2n) is 13.0. The Morgan fingerprint density at radius 2 is 0.636 bits per heavy atom. The molecule has 0 aliphatic carbocycles. The Morgan fingerprint density at radius 3 is 1.02 bits per heavy atom.